The molecule has 1 aliphatic heterocycles. The van der Waals surface area contributed by atoms with Crippen LogP contribution in [0, 0.1) is 0 Å². The van der Waals surface area contributed by atoms with Gasteiger partial charge in [0.1, 0.15) is 5.69 Å². The Bertz CT molecular complexity index is 785. The summed E-state index contributed by atoms with van der Waals surface area (Å²) >= 11 is 0. The molecule has 3 aromatic rings. The lowest BCUT2D eigenvalue weighted by Gasteiger charge is -2.39. The summed E-state index contributed by atoms with van der Waals surface area (Å²) in [6, 6.07) is 21.4. The van der Waals surface area contributed by atoms with Crippen LogP contribution < -0.4 is 0 Å². The minimum Gasteiger partial charge on any atom is -0.341 e. The number of carbonyl (C=O) groups is 1. The molecule has 2 aromatic carbocycles. The number of hydrogen-bond acceptors (Lipinski definition) is 3. The number of hydrogen-bond donors (Lipinski definition) is 1. The van der Waals surface area contributed by atoms with Crippen molar-refractivity contribution in [2.24, 2.45) is 0 Å². The number of piperazine rings is 1. The Morgan fingerprint density at radius 3 is 1.96 bits per heavy atom. The van der Waals surface area contributed by atoms with Crippen LogP contribution in [0.3, 0.4) is 0 Å². The van der Waals surface area contributed by atoms with Crippen molar-refractivity contribution < 1.29 is 4.79 Å². The first-order valence-corrected chi connectivity index (χ1v) is 8.94. The second-order valence-corrected chi connectivity index (χ2v) is 6.52. The molecule has 2 heterocycles. The molecule has 4 rings (SSSR count). The SMILES string of the molecule is O=C(c1cnc[nH]1)N1CCN(C(c2ccccc2)c2ccccc2)CC1. The zero-order chi connectivity index (χ0) is 17.8. The van der Waals surface area contributed by atoms with Gasteiger partial charge in [0.25, 0.3) is 5.91 Å². The molecule has 0 spiro atoms. The lowest BCUT2D eigenvalue weighted by atomic mass is 9.96. The number of nitrogens with zero attached hydrogens (tertiary/aromatic N) is 3. The predicted molar refractivity (Wildman–Crippen MR) is 101 cm³/mol. The van der Waals surface area contributed by atoms with Crippen molar-refractivity contribution in [2.45, 2.75) is 6.04 Å². The Morgan fingerprint density at radius 2 is 1.46 bits per heavy atom. The summed E-state index contributed by atoms with van der Waals surface area (Å²) in [6.07, 6.45) is 3.13. The van der Waals surface area contributed by atoms with E-state index in [1.165, 1.54) is 11.1 Å². The van der Waals surface area contributed by atoms with Crippen molar-refractivity contribution in [3.8, 4) is 0 Å². The van der Waals surface area contributed by atoms with Crippen LogP contribution in [0.15, 0.2) is 73.2 Å². The maximum absolute atomic E-state index is 12.5. The summed E-state index contributed by atoms with van der Waals surface area (Å²) < 4.78 is 0. The summed E-state index contributed by atoms with van der Waals surface area (Å²) in [4.78, 5) is 23.7. The fourth-order valence-corrected chi connectivity index (χ4v) is 3.61. The highest BCUT2D eigenvalue weighted by molar-refractivity contribution is 5.92. The number of imidazole rings is 1. The lowest BCUT2D eigenvalue weighted by Crippen LogP contribution is -2.50. The van der Waals surface area contributed by atoms with Gasteiger partial charge in [-0.15, -0.1) is 0 Å². The van der Waals surface area contributed by atoms with E-state index in [2.05, 4.69) is 63.4 Å². The van der Waals surface area contributed by atoms with Crippen molar-refractivity contribution in [1.82, 2.24) is 19.8 Å². The molecular formula is C21H22N4O. The monoisotopic (exact) mass is 346 g/mol. The molecule has 1 aliphatic rings. The van der Waals surface area contributed by atoms with Gasteiger partial charge in [-0.25, -0.2) is 4.98 Å². The number of amides is 1. The molecule has 26 heavy (non-hydrogen) atoms. The quantitative estimate of drug-likeness (QED) is 0.790. The van der Waals surface area contributed by atoms with Crippen LogP contribution in [0.25, 0.3) is 0 Å². The smallest absolute Gasteiger partial charge is 0.272 e. The zero-order valence-electron chi connectivity index (χ0n) is 14.6. The number of benzene rings is 2. The van der Waals surface area contributed by atoms with Gasteiger partial charge in [-0.05, 0) is 11.1 Å². The molecule has 0 bridgehead atoms. The Morgan fingerprint density at radius 1 is 0.885 bits per heavy atom. The average molecular weight is 346 g/mol. The van der Waals surface area contributed by atoms with Crippen molar-refractivity contribution in [3.05, 3.63) is 90.0 Å². The maximum atomic E-state index is 12.5. The van der Waals surface area contributed by atoms with Crippen LogP contribution in [0.2, 0.25) is 0 Å². The maximum Gasteiger partial charge on any atom is 0.272 e. The molecule has 132 valence electrons. The highest BCUT2D eigenvalue weighted by Gasteiger charge is 2.28. The van der Waals surface area contributed by atoms with Crippen molar-refractivity contribution >= 4 is 5.91 Å². The van der Waals surface area contributed by atoms with Gasteiger partial charge in [-0.2, -0.15) is 0 Å². The van der Waals surface area contributed by atoms with E-state index in [4.69, 9.17) is 0 Å². The van der Waals surface area contributed by atoms with Gasteiger partial charge in [0, 0.05) is 26.2 Å². The second-order valence-electron chi connectivity index (χ2n) is 6.52. The average Bonchev–Trinajstić information content (AvgIpc) is 3.25. The summed E-state index contributed by atoms with van der Waals surface area (Å²) in [5, 5.41) is 0. The van der Waals surface area contributed by atoms with E-state index in [9.17, 15) is 4.79 Å². The van der Waals surface area contributed by atoms with Gasteiger partial charge in [0.15, 0.2) is 0 Å². The van der Waals surface area contributed by atoms with Crippen LogP contribution >= 0.6 is 0 Å². The molecule has 0 radical (unpaired) electrons. The van der Waals surface area contributed by atoms with Crippen molar-refractivity contribution in [3.63, 3.8) is 0 Å². The molecule has 1 N–H and O–H groups in total. The normalized spacial score (nSPS) is 15.3. The molecule has 5 nitrogen and oxygen atoms in total. The third-order valence-electron chi connectivity index (χ3n) is 4.93. The molecule has 0 saturated carbocycles. The summed E-state index contributed by atoms with van der Waals surface area (Å²) in [5.41, 5.74) is 3.13. The van der Waals surface area contributed by atoms with Gasteiger partial charge in [-0.1, -0.05) is 60.7 Å². The van der Waals surface area contributed by atoms with Gasteiger partial charge in [0.2, 0.25) is 0 Å². The molecular weight excluding hydrogens is 324 g/mol. The van der Waals surface area contributed by atoms with Crippen LogP contribution in [0.5, 0.6) is 0 Å². The first-order chi connectivity index (χ1) is 12.8. The third-order valence-corrected chi connectivity index (χ3v) is 4.93. The van der Waals surface area contributed by atoms with Crippen LogP contribution in [0.1, 0.15) is 27.7 Å². The fraction of sp³-hybridized carbons (Fsp3) is 0.238. The molecule has 5 heteroatoms. The summed E-state index contributed by atoms with van der Waals surface area (Å²) in [7, 11) is 0. The summed E-state index contributed by atoms with van der Waals surface area (Å²) in [5.74, 6) is 0.0260. The van der Waals surface area contributed by atoms with Gasteiger partial charge in [0.05, 0.1) is 18.6 Å². The Kier molecular flexibility index (Phi) is 4.80. The van der Waals surface area contributed by atoms with Crippen molar-refractivity contribution in [2.75, 3.05) is 26.2 Å². The standard InChI is InChI=1S/C21H22N4O/c26-21(19-15-22-16-23-19)25-13-11-24(12-14-25)20(17-7-3-1-4-8-17)18-9-5-2-6-10-18/h1-10,15-16,20H,11-14H2,(H,22,23). The van der Waals surface area contributed by atoms with Gasteiger partial charge in [-0.3, -0.25) is 9.69 Å². The fourth-order valence-electron chi connectivity index (χ4n) is 3.61. The number of aromatic nitrogens is 2. The highest BCUT2D eigenvalue weighted by Crippen LogP contribution is 2.29. The second kappa shape index (κ2) is 7.54. The highest BCUT2D eigenvalue weighted by atomic mass is 16.2. The van der Waals surface area contributed by atoms with Gasteiger partial charge >= 0.3 is 0 Å². The molecule has 1 saturated heterocycles. The van der Waals surface area contributed by atoms with E-state index >= 15 is 0 Å². The first-order valence-electron chi connectivity index (χ1n) is 8.94. The van der Waals surface area contributed by atoms with Gasteiger partial charge < -0.3 is 9.88 Å². The topological polar surface area (TPSA) is 52.2 Å². The molecule has 0 aliphatic carbocycles. The predicted octanol–water partition coefficient (Wildman–Crippen LogP) is 2.96. The van der Waals surface area contributed by atoms with Crippen LogP contribution in [-0.2, 0) is 0 Å². The number of rotatable bonds is 4. The number of carbonyl (C=O) groups excluding carboxylic acids is 1. The molecule has 0 atom stereocenters. The van der Waals surface area contributed by atoms with E-state index in [1.807, 2.05) is 17.0 Å². The Balaban J connectivity index is 1.52. The molecule has 0 unspecified atom stereocenters. The number of H-pyrrole nitrogens is 1. The van der Waals surface area contributed by atoms with Crippen LogP contribution in [-0.4, -0.2) is 51.9 Å². The Labute approximate surface area is 153 Å². The van der Waals surface area contributed by atoms with E-state index in [-0.39, 0.29) is 11.9 Å². The minimum absolute atomic E-state index is 0.0260. The molecule has 1 fully saturated rings. The number of aromatic amines is 1. The molecule has 1 aromatic heterocycles. The first kappa shape index (κ1) is 16.5. The van der Waals surface area contributed by atoms with E-state index in [1.54, 1.807) is 12.5 Å². The zero-order valence-corrected chi connectivity index (χ0v) is 14.6. The largest absolute Gasteiger partial charge is 0.341 e. The summed E-state index contributed by atoms with van der Waals surface area (Å²) in [6.45, 7) is 3.12. The van der Waals surface area contributed by atoms with Crippen LogP contribution in [0.4, 0.5) is 0 Å². The van der Waals surface area contributed by atoms with E-state index in [0.717, 1.165) is 13.1 Å². The van der Waals surface area contributed by atoms with Crippen molar-refractivity contribution in [1.29, 1.82) is 0 Å². The number of nitrogens with one attached hydrogen (secondary N) is 1. The van der Waals surface area contributed by atoms with E-state index in [0.29, 0.717) is 18.8 Å². The lowest BCUT2D eigenvalue weighted by molar-refractivity contribution is 0.0592. The van der Waals surface area contributed by atoms with E-state index < -0.39 is 0 Å². The third kappa shape index (κ3) is 3.39. The Hall–Kier alpha value is -2.92. The minimum atomic E-state index is 0.0260. The molecule has 1 amide bonds.